The van der Waals surface area contributed by atoms with E-state index >= 15 is 0 Å². The number of sulfonamides is 1. The highest BCUT2D eigenvalue weighted by atomic mass is 32.2. The van der Waals surface area contributed by atoms with Crippen LogP contribution < -0.4 is 11.1 Å². The minimum Gasteiger partial charge on any atom is -0.365 e. The summed E-state index contributed by atoms with van der Waals surface area (Å²) in [5.41, 5.74) is 7.31. The van der Waals surface area contributed by atoms with Crippen molar-refractivity contribution in [3.63, 3.8) is 0 Å². The van der Waals surface area contributed by atoms with Crippen LogP contribution in [0.1, 0.15) is 45.6 Å². The van der Waals surface area contributed by atoms with Gasteiger partial charge in [0.1, 0.15) is 15.6 Å². The minimum absolute atomic E-state index is 0.112. The molecule has 0 unspecified atom stereocenters. The van der Waals surface area contributed by atoms with Gasteiger partial charge in [-0.2, -0.15) is 4.31 Å². The number of fused-ring (bicyclic) bond motifs is 1. The van der Waals surface area contributed by atoms with Gasteiger partial charge in [-0.25, -0.2) is 8.42 Å². The molecule has 1 fully saturated rings. The van der Waals surface area contributed by atoms with E-state index in [4.69, 9.17) is 10.3 Å². The summed E-state index contributed by atoms with van der Waals surface area (Å²) >= 11 is 1.42. The lowest BCUT2D eigenvalue weighted by atomic mass is 10.1. The lowest BCUT2D eigenvalue weighted by Crippen LogP contribution is -2.54. The van der Waals surface area contributed by atoms with Crippen molar-refractivity contribution >= 4 is 38.2 Å². The molecule has 0 aromatic carbocycles. The molecule has 2 amide bonds. The van der Waals surface area contributed by atoms with E-state index in [-0.39, 0.29) is 29.7 Å². The van der Waals surface area contributed by atoms with Gasteiger partial charge in [0.2, 0.25) is 15.9 Å². The molecule has 174 valence electrons. The summed E-state index contributed by atoms with van der Waals surface area (Å²) in [6.45, 7) is 6.28. The number of carbonyl (C=O) groups excluding carboxylic acids is 2. The van der Waals surface area contributed by atoms with Gasteiger partial charge in [0.25, 0.3) is 5.91 Å². The Morgan fingerprint density at radius 2 is 1.88 bits per heavy atom. The molecule has 3 heterocycles. The topological polar surface area (TPSA) is 139 Å². The van der Waals surface area contributed by atoms with Crippen molar-refractivity contribution in [1.29, 1.82) is 0 Å². The number of piperazine rings is 1. The molecule has 32 heavy (non-hydrogen) atoms. The zero-order chi connectivity index (χ0) is 23.2. The van der Waals surface area contributed by atoms with Gasteiger partial charge < -0.3 is 15.6 Å². The van der Waals surface area contributed by atoms with E-state index in [0.717, 1.165) is 29.7 Å². The highest BCUT2D eigenvalue weighted by molar-refractivity contribution is 7.89. The molecular weight excluding hydrogens is 454 g/mol. The van der Waals surface area contributed by atoms with Crippen molar-refractivity contribution in [3.05, 3.63) is 27.5 Å². The number of anilines is 1. The zero-order valence-corrected chi connectivity index (χ0v) is 19.9. The van der Waals surface area contributed by atoms with Crippen LogP contribution in [0.5, 0.6) is 0 Å². The first kappa shape index (κ1) is 22.9. The molecule has 1 aliphatic carbocycles. The maximum atomic E-state index is 13.0. The highest BCUT2D eigenvalue weighted by Crippen LogP contribution is 2.39. The van der Waals surface area contributed by atoms with Crippen LogP contribution in [0.2, 0.25) is 0 Å². The number of aromatic nitrogens is 1. The van der Waals surface area contributed by atoms with Crippen LogP contribution in [0.3, 0.4) is 0 Å². The molecule has 10 nitrogen and oxygen atoms in total. The van der Waals surface area contributed by atoms with Crippen LogP contribution >= 0.6 is 11.3 Å². The van der Waals surface area contributed by atoms with Crippen LogP contribution in [-0.2, 0) is 27.7 Å². The van der Waals surface area contributed by atoms with Crippen molar-refractivity contribution in [2.45, 2.75) is 51.0 Å². The van der Waals surface area contributed by atoms with Gasteiger partial charge in [-0.1, -0.05) is 5.16 Å². The number of nitrogens with two attached hydrogens (primary N) is 1. The van der Waals surface area contributed by atoms with E-state index in [9.17, 15) is 18.0 Å². The Balaban J connectivity index is 1.41. The number of hydrogen-bond donors (Lipinski definition) is 2. The number of aryl methyl sites for hydroxylation is 3. The number of rotatable bonds is 6. The van der Waals surface area contributed by atoms with Gasteiger partial charge in [-0.3, -0.25) is 14.5 Å². The maximum Gasteiger partial charge on any atom is 0.251 e. The van der Waals surface area contributed by atoms with Gasteiger partial charge in [-0.15, -0.1) is 11.3 Å². The lowest BCUT2D eigenvalue weighted by molar-refractivity contribution is -0.121. The molecule has 2 aliphatic rings. The number of carbonyl (C=O) groups is 2. The average molecular weight is 482 g/mol. The number of hydrogen-bond acceptors (Lipinski definition) is 8. The molecule has 3 N–H and O–H groups in total. The second-order valence-electron chi connectivity index (χ2n) is 8.18. The zero-order valence-electron chi connectivity index (χ0n) is 18.3. The Morgan fingerprint density at radius 1 is 1.19 bits per heavy atom. The predicted molar refractivity (Wildman–Crippen MR) is 119 cm³/mol. The third kappa shape index (κ3) is 3.96. The van der Waals surface area contributed by atoms with E-state index in [2.05, 4.69) is 10.5 Å². The predicted octanol–water partition coefficient (Wildman–Crippen LogP) is 1.27. The van der Waals surface area contributed by atoms with Crippen molar-refractivity contribution < 1.29 is 22.5 Å². The average Bonchev–Trinajstić information content (AvgIpc) is 3.41. The number of nitrogens with one attached hydrogen (secondary N) is 1. The summed E-state index contributed by atoms with van der Waals surface area (Å²) in [5, 5.41) is 7.14. The second-order valence-corrected chi connectivity index (χ2v) is 11.2. The molecule has 0 saturated carbocycles. The molecule has 0 spiro atoms. The summed E-state index contributed by atoms with van der Waals surface area (Å²) in [6.07, 6.45) is 2.69. The fourth-order valence-electron chi connectivity index (χ4n) is 4.44. The summed E-state index contributed by atoms with van der Waals surface area (Å²) in [4.78, 5) is 28.0. The maximum absolute atomic E-state index is 13.0. The van der Waals surface area contributed by atoms with E-state index in [1.807, 2.05) is 4.90 Å². The summed E-state index contributed by atoms with van der Waals surface area (Å²) in [5.74, 6) is -0.495. The van der Waals surface area contributed by atoms with Gasteiger partial charge in [0.15, 0.2) is 5.76 Å². The van der Waals surface area contributed by atoms with Crippen molar-refractivity contribution in [2.24, 2.45) is 5.73 Å². The first-order valence-electron chi connectivity index (χ1n) is 10.5. The fourth-order valence-corrected chi connectivity index (χ4v) is 7.45. The quantitative estimate of drug-likeness (QED) is 0.633. The van der Waals surface area contributed by atoms with Gasteiger partial charge in [0.05, 0.1) is 11.6 Å². The van der Waals surface area contributed by atoms with Gasteiger partial charge >= 0.3 is 0 Å². The minimum atomic E-state index is -3.71. The number of nitrogens with zero attached hydrogens (tertiary/aromatic N) is 3. The highest BCUT2D eigenvalue weighted by Gasteiger charge is 2.35. The molecule has 12 heteroatoms. The Bertz CT molecular complexity index is 1140. The first-order valence-corrected chi connectivity index (χ1v) is 12.8. The van der Waals surface area contributed by atoms with E-state index in [1.165, 1.54) is 15.6 Å². The molecule has 0 radical (unpaired) electrons. The van der Waals surface area contributed by atoms with Crippen molar-refractivity contribution in [3.8, 4) is 0 Å². The van der Waals surface area contributed by atoms with Crippen LogP contribution in [0.4, 0.5) is 5.00 Å². The molecule has 2 aromatic heterocycles. The van der Waals surface area contributed by atoms with Gasteiger partial charge in [-0.05, 0) is 45.6 Å². The standard InChI is InChI=1S/C20H27N5O5S2/c1-11-17(13(3)30-23-11)32(28,29)25-9-7-24(8-10-25)12(2)19(27)22-20-16(18(21)26)14-5-4-6-15(14)31-20/h12H,4-10H2,1-3H3,(H2,21,26)(H,22,27)/t12-/m0/s1. The third-order valence-electron chi connectivity index (χ3n) is 6.17. The summed E-state index contributed by atoms with van der Waals surface area (Å²) in [6, 6.07) is -0.489. The monoisotopic (exact) mass is 481 g/mol. The van der Waals surface area contributed by atoms with Crippen LogP contribution in [0.25, 0.3) is 0 Å². The lowest BCUT2D eigenvalue weighted by Gasteiger charge is -2.36. The van der Waals surface area contributed by atoms with Crippen LogP contribution in [0.15, 0.2) is 9.42 Å². The third-order valence-corrected chi connectivity index (χ3v) is 9.52. The van der Waals surface area contributed by atoms with E-state index < -0.39 is 22.0 Å². The Kier molecular flexibility index (Phi) is 6.14. The largest absolute Gasteiger partial charge is 0.365 e. The molecule has 1 aliphatic heterocycles. The van der Waals surface area contributed by atoms with Crippen molar-refractivity contribution in [2.75, 3.05) is 31.5 Å². The molecular formula is C20H27N5O5S2. The summed E-state index contributed by atoms with van der Waals surface area (Å²) in [7, 11) is -3.71. The van der Waals surface area contributed by atoms with Gasteiger partial charge in [0, 0.05) is 31.1 Å². The first-order chi connectivity index (χ1) is 15.1. The number of amides is 2. The Labute approximate surface area is 190 Å². The Morgan fingerprint density at radius 3 is 2.47 bits per heavy atom. The van der Waals surface area contributed by atoms with E-state index in [1.54, 1.807) is 20.8 Å². The fraction of sp³-hybridized carbons (Fsp3) is 0.550. The number of primary amides is 1. The molecule has 1 saturated heterocycles. The van der Waals surface area contributed by atoms with Crippen molar-refractivity contribution in [1.82, 2.24) is 14.4 Å². The molecule has 2 aromatic rings. The van der Waals surface area contributed by atoms with Crippen LogP contribution in [0, 0.1) is 13.8 Å². The molecule has 1 atom stereocenters. The molecule has 4 rings (SSSR count). The normalized spacial score (nSPS) is 18.5. The van der Waals surface area contributed by atoms with Crippen LogP contribution in [-0.4, -0.2) is 66.8 Å². The van der Waals surface area contributed by atoms with E-state index in [0.29, 0.717) is 29.3 Å². The Hall–Kier alpha value is -2.28. The summed E-state index contributed by atoms with van der Waals surface area (Å²) < 4.78 is 32.4. The molecule has 0 bridgehead atoms. The number of thiophene rings is 1. The second kappa shape index (κ2) is 8.58. The smallest absolute Gasteiger partial charge is 0.251 e. The SMILES string of the molecule is Cc1noc(C)c1S(=O)(=O)N1CCN([C@@H](C)C(=O)Nc2sc3c(c2C(N)=O)CCC3)CC1.